The first-order valence-electron chi connectivity index (χ1n) is 9.45. The number of rotatable bonds is 9. The van der Waals surface area contributed by atoms with E-state index in [2.05, 4.69) is 19.2 Å². The molecule has 0 radical (unpaired) electrons. The van der Waals surface area contributed by atoms with E-state index in [1.807, 2.05) is 0 Å². The number of hydrogen-bond donors (Lipinski definition) is 1. The third kappa shape index (κ3) is 5.53. The summed E-state index contributed by atoms with van der Waals surface area (Å²) >= 11 is 0. The molecule has 1 fully saturated rings. The van der Waals surface area contributed by atoms with E-state index in [-0.39, 0.29) is 10.8 Å². The highest BCUT2D eigenvalue weighted by atomic mass is 32.2. The van der Waals surface area contributed by atoms with Crippen LogP contribution in [-0.4, -0.2) is 51.5 Å². The molecule has 1 saturated heterocycles. The molecule has 1 unspecified atom stereocenters. The fourth-order valence-electron chi connectivity index (χ4n) is 3.02. The van der Waals surface area contributed by atoms with Crippen molar-refractivity contribution in [2.75, 3.05) is 32.8 Å². The fourth-order valence-corrected chi connectivity index (χ4v) is 4.47. The fraction of sp³-hybridized carbons (Fsp3) is 0.632. The molecule has 7 heteroatoms. The van der Waals surface area contributed by atoms with Crippen LogP contribution in [0.3, 0.4) is 0 Å². The summed E-state index contributed by atoms with van der Waals surface area (Å²) < 4.78 is 32.1. The monoisotopic (exact) mass is 382 g/mol. The lowest BCUT2D eigenvalue weighted by atomic mass is 9.99. The number of unbranched alkanes of at least 4 members (excludes halogenated alkanes) is 1. The number of benzene rings is 1. The van der Waals surface area contributed by atoms with Crippen LogP contribution in [0.25, 0.3) is 0 Å². The summed E-state index contributed by atoms with van der Waals surface area (Å²) in [5.74, 6) is 0.234. The van der Waals surface area contributed by atoms with Gasteiger partial charge in [-0.1, -0.05) is 39.2 Å². The average molecular weight is 383 g/mol. The maximum absolute atomic E-state index is 12.7. The van der Waals surface area contributed by atoms with Crippen molar-refractivity contribution in [3.63, 3.8) is 0 Å². The summed E-state index contributed by atoms with van der Waals surface area (Å²) in [4.78, 5) is 12.6. The lowest BCUT2D eigenvalue weighted by Crippen LogP contribution is -2.40. The van der Waals surface area contributed by atoms with Gasteiger partial charge in [0.25, 0.3) is 5.91 Å². The molecule has 26 heavy (non-hydrogen) atoms. The van der Waals surface area contributed by atoms with E-state index in [0.717, 1.165) is 25.7 Å². The molecule has 1 N–H and O–H groups in total. The number of carbonyl (C=O) groups excluding carboxylic acids is 1. The van der Waals surface area contributed by atoms with Gasteiger partial charge in [0.2, 0.25) is 10.0 Å². The Morgan fingerprint density at radius 1 is 1.27 bits per heavy atom. The highest BCUT2D eigenvalue weighted by molar-refractivity contribution is 7.89. The summed E-state index contributed by atoms with van der Waals surface area (Å²) in [6.45, 7) is 6.39. The minimum absolute atomic E-state index is 0.157. The molecular formula is C19H30N2O4S. The molecule has 1 heterocycles. The second-order valence-corrected chi connectivity index (χ2v) is 8.61. The predicted molar refractivity (Wildman–Crippen MR) is 102 cm³/mol. The van der Waals surface area contributed by atoms with Crippen molar-refractivity contribution in [1.29, 1.82) is 0 Å². The first kappa shape index (κ1) is 20.9. The third-order valence-electron chi connectivity index (χ3n) is 4.80. The van der Waals surface area contributed by atoms with Crippen LogP contribution in [0.15, 0.2) is 29.2 Å². The van der Waals surface area contributed by atoms with Gasteiger partial charge in [-0.15, -0.1) is 0 Å². The molecule has 0 aliphatic carbocycles. The van der Waals surface area contributed by atoms with Gasteiger partial charge in [-0.05, 0) is 30.5 Å². The average Bonchev–Trinajstić information content (AvgIpc) is 2.68. The molecule has 6 nitrogen and oxygen atoms in total. The smallest absolute Gasteiger partial charge is 0.251 e. The van der Waals surface area contributed by atoms with Gasteiger partial charge < -0.3 is 10.1 Å². The van der Waals surface area contributed by atoms with Crippen LogP contribution in [0.4, 0.5) is 0 Å². The predicted octanol–water partition coefficient (Wildman–Crippen LogP) is 2.65. The first-order valence-corrected chi connectivity index (χ1v) is 10.9. The molecule has 0 spiro atoms. The molecule has 1 aromatic carbocycles. The Bertz CT molecular complexity index is 685. The molecule has 2 rings (SSSR count). The Balaban J connectivity index is 2.04. The molecule has 0 saturated carbocycles. The van der Waals surface area contributed by atoms with Crippen molar-refractivity contribution in [2.45, 2.75) is 44.4 Å². The van der Waals surface area contributed by atoms with E-state index >= 15 is 0 Å². The summed E-state index contributed by atoms with van der Waals surface area (Å²) in [5, 5.41) is 2.95. The lowest BCUT2D eigenvalue weighted by Gasteiger charge is -2.26. The molecule has 1 aliphatic rings. The summed E-state index contributed by atoms with van der Waals surface area (Å²) in [6.07, 6.45) is 4.41. The molecule has 1 amide bonds. The maximum atomic E-state index is 12.7. The number of amides is 1. The van der Waals surface area contributed by atoms with Crippen molar-refractivity contribution in [3.05, 3.63) is 29.8 Å². The summed E-state index contributed by atoms with van der Waals surface area (Å²) in [7, 11) is -3.59. The first-order chi connectivity index (χ1) is 12.5. The van der Waals surface area contributed by atoms with E-state index in [9.17, 15) is 13.2 Å². The summed E-state index contributed by atoms with van der Waals surface area (Å²) in [6, 6.07) is 6.28. The summed E-state index contributed by atoms with van der Waals surface area (Å²) in [5.41, 5.74) is 0.379. The lowest BCUT2D eigenvalue weighted by molar-refractivity contribution is 0.0730. The Kier molecular flexibility index (Phi) is 8.06. The molecule has 0 aromatic heterocycles. The van der Waals surface area contributed by atoms with Crippen molar-refractivity contribution in [2.24, 2.45) is 5.92 Å². The Labute approximate surface area is 157 Å². The standard InChI is InChI=1S/C19H30N2O4S/c1-3-5-7-16(4-2)15-20-19(22)17-8-6-9-18(14-17)26(23,24)21-10-12-25-13-11-21/h6,8-9,14,16H,3-5,7,10-13,15H2,1-2H3,(H,20,22). The van der Waals surface area contributed by atoms with E-state index in [1.54, 1.807) is 12.1 Å². The number of nitrogens with one attached hydrogen (secondary N) is 1. The quantitative estimate of drug-likeness (QED) is 0.712. The minimum Gasteiger partial charge on any atom is -0.379 e. The molecule has 1 aliphatic heterocycles. The maximum Gasteiger partial charge on any atom is 0.251 e. The van der Waals surface area contributed by atoms with Crippen molar-refractivity contribution < 1.29 is 17.9 Å². The zero-order valence-corrected chi connectivity index (χ0v) is 16.6. The highest BCUT2D eigenvalue weighted by Crippen LogP contribution is 2.18. The van der Waals surface area contributed by atoms with E-state index in [0.29, 0.717) is 44.3 Å². The van der Waals surface area contributed by atoms with Gasteiger partial charge in [0.15, 0.2) is 0 Å². The molecule has 146 valence electrons. The van der Waals surface area contributed by atoms with Gasteiger partial charge >= 0.3 is 0 Å². The SMILES string of the molecule is CCCCC(CC)CNC(=O)c1cccc(S(=O)(=O)N2CCOCC2)c1. The van der Waals surface area contributed by atoms with E-state index in [4.69, 9.17) is 4.74 Å². The van der Waals surface area contributed by atoms with Crippen molar-refractivity contribution in [3.8, 4) is 0 Å². The second kappa shape index (κ2) is 10.0. The number of sulfonamides is 1. The molecular weight excluding hydrogens is 352 g/mol. The van der Waals surface area contributed by atoms with Gasteiger partial charge in [-0.3, -0.25) is 4.79 Å². The molecule has 1 atom stereocenters. The van der Waals surface area contributed by atoms with Crippen LogP contribution in [0.5, 0.6) is 0 Å². The van der Waals surface area contributed by atoms with Gasteiger partial charge in [0.1, 0.15) is 0 Å². The second-order valence-electron chi connectivity index (χ2n) is 6.67. The molecule has 0 bridgehead atoms. The van der Waals surface area contributed by atoms with E-state index in [1.165, 1.54) is 16.4 Å². The Morgan fingerprint density at radius 3 is 2.65 bits per heavy atom. The van der Waals surface area contributed by atoms with Crippen LogP contribution < -0.4 is 5.32 Å². The topological polar surface area (TPSA) is 75.7 Å². The normalized spacial score (nSPS) is 17.0. The largest absolute Gasteiger partial charge is 0.379 e. The van der Waals surface area contributed by atoms with Crippen LogP contribution in [0, 0.1) is 5.92 Å². The molecule has 1 aromatic rings. The Morgan fingerprint density at radius 2 is 2.00 bits per heavy atom. The number of carbonyl (C=O) groups is 1. The van der Waals surface area contributed by atoms with Gasteiger partial charge in [-0.2, -0.15) is 4.31 Å². The zero-order valence-electron chi connectivity index (χ0n) is 15.7. The minimum atomic E-state index is -3.59. The van der Waals surface area contributed by atoms with Crippen LogP contribution in [0.1, 0.15) is 49.9 Å². The van der Waals surface area contributed by atoms with Crippen molar-refractivity contribution in [1.82, 2.24) is 9.62 Å². The van der Waals surface area contributed by atoms with E-state index < -0.39 is 10.0 Å². The van der Waals surface area contributed by atoms with Gasteiger partial charge in [0.05, 0.1) is 18.1 Å². The zero-order chi connectivity index (χ0) is 19.0. The number of morpholine rings is 1. The van der Waals surface area contributed by atoms with Crippen LogP contribution in [-0.2, 0) is 14.8 Å². The van der Waals surface area contributed by atoms with Gasteiger partial charge in [-0.25, -0.2) is 8.42 Å². The van der Waals surface area contributed by atoms with Crippen molar-refractivity contribution >= 4 is 15.9 Å². The number of ether oxygens (including phenoxy) is 1. The Hall–Kier alpha value is -1.44. The van der Waals surface area contributed by atoms with Gasteiger partial charge in [0, 0.05) is 25.2 Å². The van der Waals surface area contributed by atoms with Crippen LogP contribution >= 0.6 is 0 Å². The third-order valence-corrected chi connectivity index (χ3v) is 6.69. The van der Waals surface area contributed by atoms with Crippen LogP contribution in [0.2, 0.25) is 0 Å². The number of hydrogen-bond acceptors (Lipinski definition) is 4. The highest BCUT2D eigenvalue weighted by Gasteiger charge is 2.26. The number of nitrogens with zero attached hydrogens (tertiary/aromatic N) is 1.